The molecule has 0 saturated carbocycles. The summed E-state index contributed by atoms with van der Waals surface area (Å²) in [6, 6.07) is 12.8. The van der Waals surface area contributed by atoms with E-state index in [-0.39, 0.29) is 24.5 Å². The van der Waals surface area contributed by atoms with Crippen molar-refractivity contribution in [3.8, 4) is 17.2 Å². The van der Waals surface area contributed by atoms with Gasteiger partial charge in [0, 0.05) is 24.9 Å². The third-order valence-electron chi connectivity index (χ3n) is 4.41. The van der Waals surface area contributed by atoms with Gasteiger partial charge in [0.25, 0.3) is 0 Å². The SMILES string of the molecule is CCOc1ccc(C(=O)CCC(=O)NCCc2ccc3c(c2)OCCO3)cc1. The van der Waals surface area contributed by atoms with Crippen LogP contribution in [0.15, 0.2) is 42.5 Å². The van der Waals surface area contributed by atoms with Gasteiger partial charge in [-0.05, 0) is 55.3 Å². The number of ether oxygens (including phenoxy) is 3. The lowest BCUT2D eigenvalue weighted by Gasteiger charge is -2.18. The standard InChI is InChI=1S/C22H25NO5/c1-2-26-18-6-4-17(5-7-18)19(24)8-10-22(25)23-12-11-16-3-9-20-21(15-16)28-14-13-27-20/h3-7,9,15H,2,8,10-14H2,1H3,(H,23,25). The second-order valence-corrected chi connectivity index (χ2v) is 6.46. The minimum absolute atomic E-state index is 0.0509. The number of fused-ring (bicyclic) bond motifs is 1. The van der Waals surface area contributed by atoms with Crippen molar-refractivity contribution in [2.75, 3.05) is 26.4 Å². The molecule has 6 heteroatoms. The van der Waals surface area contributed by atoms with E-state index in [0.717, 1.165) is 22.8 Å². The Bertz CT molecular complexity index is 816. The number of benzene rings is 2. The average molecular weight is 383 g/mol. The molecule has 28 heavy (non-hydrogen) atoms. The molecule has 1 amide bonds. The van der Waals surface area contributed by atoms with Crippen LogP contribution in [-0.2, 0) is 11.2 Å². The van der Waals surface area contributed by atoms with E-state index in [9.17, 15) is 9.59 Å². The van der Waals surface area contributed by atoms with Crippen molar-refractivity contribution >= 4 is 11.7 Å². The van der Waals surface area contributed by atoms with E-state index >= 15 is 0 Å². The summed E-state index contributed by atoms with van der Waals surface area (Å²) >= 11 is 0. The lowest BCUT2D eigenvalue weighted by Crippen LogP contribution is -2.26. The molecule has 0 spiro atoms. The van der Waals surface area contributed by atoms with Crippen molar-refractivity contribution in [1.82, 2.24) is 5.32 Å². The van der Waals surface area contributed by atoms with E-state index in [2.05, 4.69) is 5.32 Å². The Kier molecular flexibility index (Phi) is 6.89. The zero-order valence-corrected chi connectivity index (χ0v) is 16.0. The van der Waals surface area contributed by atoms with Crippen LogP contribution in [-0.4, -0.2) is 38.1 Å². The van der Waals surface area contributed by atoms with E-state index in [0.29, 0.717) is 38.3 Å². The fourth-order valence-corrected chi connectivity index (χ4v) is 2.95. The van der Waals surface area contributed by atoms with Crippen molar-refractivity contribution in [3.05, 3.63) is 53.6 Å². The number of ketones is 1. The van der Waals surface area contributed by atoms with Crippen LogP contribution < -0.4 is 19.5 Å². The van der Waals surface area contributed by atoms with Gasteiger partial charge in [-0.15, -0.1) is 0 Å². The second kappa shape index (κ2) is 9.78. The predicted molar refractivity (Wildman–Crippen MR) is 105 cm³/mol. The quantitative estimate of drug-likeness (QED) is 0.673. The molecule has 148 valence electrons. The molecule has 2 aromatic carbocycles. The highest BCUT2D eigenvalue weighted by molar-refractivity contribution is 5.98. The minimum Gasteiger partial charge on any atom is -0.494 e. The summed E-state index contributed by atoms with van der Waals surface area (Å²) in [5.74, 6) is 2.06. The summed E-state index contributed by atoms with van der Waals surface area (Å²) in [6.45, 7) is 4.12. The number of carbonyl (C=O) groups excluding carboxylic acids is 2. The van der Waals surface area contributed by atoms with Crippen LogP contribution >= 0.6 is 0 Å². The maximum absolute atomic E-state index is 12.2. The normalized spacial score (nSPS) is 12.3. The Hall–Kier alpha value is -3.02. The number of carbonyl (C=O) groups is 2. The third kappa shape index (κ3) is 5.49. The lowest BCUT2D eigenvalue weighted by atomic mass is 10.1. The molecule has 0 aliphatic carbocycles. The van der Waals surface area contributed by atoms with Gasteiger partial charge in [0.2, 0.25) is 5.91 Å². The number of nitrogens with one attached hydrogen (secondary N) is 1. The van der Waals surface area contributed by atoms with Gasteiger partial charge in [0.1, 0.15) is 19.0 Å². The molecule has 1 aliphatic rings. The van der Waals surface area contributed by atoms with Crippen molar-refractivity contribution in [1.29, 1.82) is 0 Å². The molecule has 0 saturated heterocycles. The monoisotopic (exact) mass is 383 g/mol. The molecular weight excluding hydrogens is 358 g/mol. The van der Waals surface area contributed by atoms with E-state index in [4.69, 9.17) is 14.2 Å². The zero-order valence-electron chi connectivity index (χ0n) is 16.0. The highest BCUT2D eigenvalue weighted by atomic mass is 16.6. The Morgan fingerprint density at radius 2 is 1.75 bits per heavy atom. The first kappa shape index (κ1) is 19.7. The van der Waals surface area contributed by atoms with Crippen LogP contribution in [0.3, 0.4) is 0 Å². The highest BCUT2D eigenvalue weighted by Gasteiger charge is 2.12. The molecule has 0 radical (unpaired) electrons. The topological polar surface area (TPSA) is 73.9 Å². The molecule has 6 nitrogen and oxygen atoms in total. The summed E-state index contributed by atoms with van der Waals surface area (Å²) in [5, 5.41) is 2.86. The average Bonchev–Trinajstić information content (AvgIpc) is 2.73. The van der Waals surface area contributed by atoms with Crippen molar-refractivity contribution in [3.63, 3.8) is 0 Å². The van der Waals surface area contributed by atoms with Crippen molar-refractivity contribution in [2.45, 2.75) is 26.2 Å². The van der Waals surface area contributed by atoms with E-state index in [1.807, 2.05) is 25.1 Å². The molecule has 0 unspecified atom stereocenters. The first-order valence-electron chi connectivity index (χ1n) is 9.57. The van der Waals surface area contributed by atoms with E-state index < -0.39 is 0 Å². The van der Waals surface area contributed by atoms with Crippen LogP contribution in [0.4, 0.5) is 0 Å². The smallest absolute Gasteiger partial charge is 0.220 e. The van der Waals surface area contributed by atoms with Gasteiger partial charge in [-0.2, -0.15) is 0 Å². The van der Waals surface area contributed by atoms with E-state index in [1.54, 1.807) is 24.3 Å². The number of rotatable bonds is 9. The van der Waals surface area contributed by atoms with Crippen LogP contribution in [0.1, 0.15) is 35.7 Å². The zero-order chi connectivity index (χ0) is 19.8. The molecule has 0 atom stereocenters. The van der Waals surface area contributed by atoms with Crippen LogP contribution in [0.25, 0.3) is 0 Å². The first-order valence-corrected chi connectivity index (χ1v) is 9.57. The number of Topliss-reactive ketones (excluding diaryl/α,β-unsaturated/α-hetero) is 1. The summed E-state index contributed by atoms with van der Waals surface area (Å²) in [5.41, 5.74) is 1.66. The van der Waals surface area contributed by atoms with Gasteiger partial charge in [0.05, 0.1) is 6.61 Å². The molecule has 2 aromatic rings. The maximum Gasteiger partial charge on any atom is 0.220 e. The van der Waals surface area contributed by atoms with Gasteiger partial charge in [0.15, 0.2) is 17.3 Å². The largest absolute Gasteiger partial charge is 0.494 e. The molecular formula is C22H25NO5. The Morgan fingerprint density at radius 3 is 2.50 bits per heavy atom. The van der Waals surface area contributed by atoms with Gasteiger partial charge >= 0.3 is 0 Å². The van der Waals surface area contributed by atoms with E-state index in [1.165, 1.54) is 0 Å². The molecule has 0 aromatic heterocycles. The molecule has 1 heterocycles. The Morgan fingerprint density at radius 1 is 1.00 bits per heavy atom. The minimum atomic E-state index is -0.128. The predicted octanol–water partition coefficient (Wildman–Crippen LogP) is 3.18. The fourth-order valence-electron chi connectivity index (χ4n) is 2.95. The third-order valence-corrected chi connectivity index (χ3v) is 4.41. The van der Waals surface area contributed by atoms with Gasteiger partial charge in [-0.3, -0.25) is 9.59 Å². The number of amides is 1. The number of hydrogen-bond acceptors (Lipinski definition) is 5. The van der Waals surface area contributed by atoms with Gasteiger partial charge in [-0.1, -0.05) is 6.07 Å². The van der Waals surface area contributed by atoms with Crippen LogP contribution in [0.2, 0.25) is 0 Å². The fraction of sp³-hybridized carbons (Fsp3) is 0.364. The summed E-state index contributed by atoms with van der Waals surface area (Å²) in [7, 11) is 0. The number of hydrogen-bond donors (Lipinski definition) is 1. The highest BCUT2D eigenvalue weighted by Crippen LogP contribution is 2.30. The molecule has 1 aliphatic heterocycles. The Labute approximate surface area is 164 Å². The summed E-state index contributed by atoms with van der Waals surface area (Å²) in [6.07, 6.45) is 1.05. The Balaban J connectivity index is 1.39. The summed E-state index contributed by atoms with van der Waals surface area (Å²) in [4.78, 5) is 24.2. The molecule has 1 N–H and O–H groups in total. The van der Waals surface area contributed by atoms with Gasteiger partial charge in [-0.25, -0.2) is 0 Å². The maximum atomic E-state index is 12.2. The van der Waals surface area contributed by atoms with Crippen molar-refractivity contribution in [2.24, 2.45) is 0 Å². The molecule has 3 rings (SSSR count). The van der Waals surface area contributed by atoms with Crippen LogP contribution in [0.5, 0.6) is 17.2 Å². The second-order valence-electron chi connectivity index (χ2n) is 6.46. The van der Waals surface area contributed by atoms with Crippen molar-refractivity contribution < 1.29 is 23.8 Å². The first-order chi connectivity index (χ1) is 13.7. The lowest BCUT2D eigenvalue weighted by molar-refractivity contribution is -0.121. The molecule has 0 bridgehead atoms. The van der Waals surface area contributed by atoms with Crippen LogP contribution in [0, 0.1) is 0 Å². The van der Waals surface area contributed by atoms with Gasteiger partial charge < -0.3 is 19.5 Å². The summed E-state index contributed by atoms with van der Waals surface area (Å²) < 4.78 is 16.4. The molecule has 0 fully saturated rings.